The van der Waals surface area contributed by atoms with Crippen LogP contribution in [0.2, 0.25) is 0 Å². The highest BCUT2D eigenvalue weighted by Crippen LogP contribution is 2.39. The summed E-state index contributed by atoms with van der Waals surface area (Å²) in [5, 5.41) is 7.92. The summed E-state index contributed by atoms with van der Waals surface area (Å²) in [5.74, 6) is -0.116. The Morgan fingerprint density at radius 2 is 1.57 bits per heavy atom. The topological polar surface area (TPSA) is 96.2 Å². The molecule has 4 aromatic carbocycles. The zero-order valence-electron chi connectivity index (χ0n) is 23.3. The largest absolute Gasteiger partial charge is 0.440 e. The number of nitrogens with zero attached hydrogens (tertiary/aromatic N) is 1. The number of amidine groups is 1. The maximum Gasteiger partial charge on any atom is 0.440 e. The molecule has 0 fully saturated rings. The minimum Gasteiger partial charge on any atom is -0.383 e. The van der Waals surface area contributed by atoms with Crippen molar-refractivity contribution in [1.29, 1.82) is 5.41 Å². The molecule has 0 amide bonds. The predicted octanol–water partition coefficient (Wildman–Crippen LogP) is 7.67. The molecule has 1 unspecified atom stereocenters. The number of sulfonamides is 1. The lowest BCUT2D eigenvalue weighted by Gasteiger charge is -2.13. The minimum absolute atomic E-state index is 0.108. The van der Waals surface area contributed by atoms with Gasteiger partial charge in [-0.2, -0.15) is 12.7 Å². The van der Waals surface area contributed by atoms with Crippen LogP contribution in [0.15, 0.2) is 118 Å². The molecule has 42 heavy (non-hydrogen) atoms. The SMILES string of the molecule is CSC1SC(C(=N)N)=CC1=[N+](OSc1cccc(-c2ccccc2-c2ccccc2C)c1)S(=O)(=O)c1ccc(C)cc1. The Bertz CT molecular complexity index is 1820. The van der Waals surface area contributed by atoms with Gasteiger partial charge in [-0.25, -0.2) is 0 Å². The Morgan fingerprint density at radius 3 is 2.24 bits per heavy atom. The van der Waals surface area contributed by atoms with E-state index in [1.165, 1.54) is 29.1 Å². The third-order valence-corrected chi connectivity index (χ3v) is 11.6. The van der Waals surface area contributed by atoms with Crippen LogP contribution in [-0.2, 0) is 14.3 Å². The standard InChI is InChI=1S/C32H30N3O3S4/c1-21-15-17-25(18-16-21)42(36,37)35(29-20-30(31(33)34)40-32(29)39-3)38-41-24-11-8-10-23(19-24)27-13-6-7-14-28(27)26-12-5-4-9-22(26)2/h4-20,32H,1-3H3,(H3,33,34)/q+1. The van der Waals surface area contributed by atoms with Gasteiger partial charge in [0.2, 0.25) is 0 Å². The number of allylic oxidation sites excluding steroid dienone is 1. The Labute approximate surface area is 259 Å². The Balaban J connectivity index is 1.54. The van der Waals surface area contributed by atoms with Gasteiger partial charge in [-0.05, 0) is 72.2 Å². The number of nitrogens with two attached hydrogens (primary N) is 1. The molecule has 1 atom stereocenters. The molecule has 5 rings (SSSR count). The predicted molar refractivity (Wildman–Crippen MR) is 178 cm³/mol. The van der Waals surface area contributed by atoms with Crippen molar-refractivity contribution in [3.63, 3.8) is 0 Å². The van der Waals surface area contributed by atoms with Gasteiger partial charge in [0.1, 0.15) is 19.5 Å². The lowest BCUT2D eigenvalue weighted by molar-refractivity contribution is -0.617. The molecule has 214 valence electrons. The first-order chi connectivity index (χ1) is 20.2. The van der Waals surface area contributed by atoms with Crippen molar-refractivity contribution in [3.8, 4) is 22.3 Å². The molecule has 0 aliphatic carbocycles. The van der Waals surface area contributed by atoms with Crippen LogP contribution in [0.5, 0.6) is 0 Å². The zero-order valence-corrected chi connectivity index (χ0v) is 26.5. The average molecular weight is 633 g/mol. The smallest absolute Gasteiger partial charge is 0.383 e. The van der Waals surface area contributed by atoms with Crippen LogP contribution in [-0.4, -0.2) is 34.9 Å². The number of nitrogens with one attached hydrogen (secondary N) is 1. The van der Waals surface area contributed by atoms with Crippen molar-refractivity contribution in [2.45, 2.75) is 28.2 Å². The zero-order chi connectivity index (χ0) is 29.9. The van der Waals surface area contributed by atoms with Gasteiger partial charge < -0.3 is 5.73 Å². The van der Waals surface area contributed by atoms with Crippen molar-refractivity contribution >= 4 is 57.1 Å². The number of benzene rings is 4. The Hall–Kier alpha value is -3.44. The van der Waals surface area contributed by atoms with E-state index in [2.05, 4.69) is 31.2 Å². The minimum atomic E-state index is -4.10. The normalized spacial score (nSPS) is 16.2. The van der Waals surface area contributed by atoms with E-state index < -0.39 is 10.0 Å². The van der Waals surface area contributed by atoms with E-state index in [9.17, 15) is 8.42 Å². The molecule has 1 aliphatic rings. The summed E-state index contributed by atoms with van der Waals surface area (Å²) in [4.78, 5) is 1.34. The molecule has 4 aromatic rings. The summed E-state index contributed by atoms with van der Waals surface area (Å²) in [5.41, 5.74) is 12.6. The van der Waals surface area contributed by atoms with Gasteiger partial charge in [0.15, 0.2) is 12.0 Å². The number of hydrogen-bond acceptors (Lipinski definition) is 7. The molecular weight excluding hydrogens is 603 g/mol. The van der Waals surface area contributed by atoms with Gasteiger partial charge in [-0.1, -0.05) is 90.1 Å². The summed E-state index contributed by atoms with van der Waals surface area (Å²) in [6.07, 6.45) is 3.50. The highest BCUT2D eigenvalue weighted by atomic mass is 32.2. The lowest BCUT2D eigenvalue weighted by atomic mass is 9.92. The van der Waals surface area contributed by atoms with Crippen LogP contribution in [0.4, 0.5) is 0 Å². The molecule has 0 radical (unpaired) electrons. The van der Waals surface area contributed by atoms with Crippen molar-refractivity contribution < 1.29 is 16.8 Å². The second-order valence-corrected chi connectivity index (χ2v) is 14.6. The second-order valence-electron chi connectivity index (χ2n) is 9.62. The first-order valence-corrected chi connectivity index (χ1v) is 17.4. The summed E-state index contributed by atoms with van der Waals surface area (Å²) < 4.78 is 34.6. The molecule has 0 saturated heterocycles. The van der Waals surface area contributed by atoms with E-state index in [1.807, 2.05) is 61.7 Å². The van der Waals surface area contributed by atoms with Crippen LogP contribution < -0.4 is 5.73 Å². The quantitative estimate of drug-likeness (QED) is 0.0643. The van der Waals surface area contributed by atoms with Crippen LogP contribution in [0.1, 0.15) is 11.1 Å². The van der Waals surface area contributed by atoms with Crippen molar-refractivity contribution in [3.05, 3.63) is 119 Å². The molecule has 0 bridgehead atoms. The number of hydrogen-bond donors (Lipinski definition) is 2. The third-order valence-electron chi connectivity index (χ3n) is 6.69. The van der Waals surface area contributed by atoms with E-state index in [4.69, 9.17) is 15.4 Å². The fraction of sp³-hybridized carbons (Fsp3) is 0.125. The van der Waals surface area contributed by atoms with E-state index in [1.54, 1.807) is 30.3 Å². The van der Waals surface area contributed by atoms with Gasteiger partial charge in [-0.3, -0.25) is 5.41 Å². The van der Waals surface area contributed by atoms with E-state index in [-0.39, 0.29) is 15.3 Å². The average Bonchev–Trinajstić information content (AvgIpc) is 3.42. The molecule has 3 N–H and O–H groups in total. The number of thioether (sulfide) groups is 2. The van der Waals surface area contributed by atoms with Crippen molar-refractivity contribution in [2.75, 3.05) is 6.26 Å². The summed E-state index contributed by atoms with van der Waals surface area (Å²) in [7, 11) is -4.10. The van der Waals surface area contributed by atoms with E-state index >= 15 is 0 Å². The van der Waals surface area contributed by atoms with Gasteiger partial charge in [0.05, 0.1) is 9.80 Å². The molecule has 0 saturated carbocycles. The Kier molecular flexibility index (Phi) is 9.17. The van der Waals surface area contributed by atoms with Gasteiger partial charge in [0.25, 0.3) is 5.71 Å². The van der Waals surface area contributed by atoms with Gasteiger partial charge in [-0.15, -0.1) is 11.8 Å². The third kappa shape index (κ3) is 6.32. The summed E-state index contributed by atoms with van der Waals surface area (Å²) in [6, 6.07) is 31.0. The Morgan fingerprint density at radius 1 is 0.905 bits per heavy atom. The van der Waals surface area contributed by atoms with Crippen LogP contribution in [0.25, 0.3) is 22.3 Å². The molecule has 1 aliphatic heterocycles. The fourth-order valence-corrected chi connectivity index (χ4v) is 8.66. The first kappa shape index (κ1) is 30.0. The molecule has 6 nitrogen and oxygen atoms in total. The first-order valence-electron chi connectivity index (χ1n) is 13.0. The van der Waals surface area contributed by atoms with E-state index in [0.717, 1.165) is 48.9 Å². The van der Waals surface area contributed by atoms with Crippen LogP contribution in [0, 0.1) is 19.3 Å². The lowest BCUT2D eigenvalue weighted by Crippen LogP contribution is -2.29. The molecule has 10 heteroatoms. The molecule has 0 spiro atoms. The maximum absolute atomic E-state index is 13.9. The van der Waals surface area contributed by atoms with Crippen molar-refractivity contribution in [2.24, 2.45) is 5.73 Å². The number of rotatable bonds is 9. The highest BCUT2D eigenvalue weighted by Gasteiger charge is 2.42. The number of aryl methyl sites for hydroxylation is 2. The van der Waals surface area contributed by atoms with Crippen molar-refractivity contribution in [1.82, 2.24) is 0 Å². The highest BCUT2D eigenvalue weighted by molar-refractivity contribution is 8.20. The summed E-state index contributed by atoms with van der Waals surface area (Å²) in [6.45, 7) is 4.00. The monoisotopic (exact) mass is 632 g/mol. The fourth-order valence-electron chi connectivity index (χ4n) is 4.53. The molecule has 1 heterocycles. The molecule has 0 aromatic heterocycles. The maximum atomic E-state index is 13.9. The van der Waals surface area contributed by atoms with Gasteiger partial charge in [0, 0.05) is 6.08 Å². The van der Waals surface area contributed by atoms with Crippen LogP contribution in [0.3, 0.4) is 0 Å². The second kappa shape index (κ2) is 12.8. The van der Waals surface area contributed by atoms with Gasteiger partial charge >= 0.3 is 10.0 Å². The van der Waals surface area contributed by atoms with E-state index in [0.29, 0.717) is 10.6 Å². The molecular formula is C32H30N3O3S4+. The summed E-state index contributed by atoms with van der Waals surface area (Å²) >= 11 is 3.75. The van der Waals surface area contributed by atoms with Crippen LogP contribution >= 0.6 is 35.6 Å².